The van der Waals surface area contributed by atoms with Gasteiger partial charge in [-0.15, -0.1) is 0 Å². The van der Waals surface area contributed by atoms with Crippen LogP contribution in [0.15, 0.2) is 35.5 Å². The van der Waals surface area contributed by atoms with E-state index in [2.05, 4.69) is 9.71 Å². The molecule has 1 amide bonds. The average Bonchev–Trinajstić information content (AvgIpc) is 2.71. The normalized spacial score (nSPS) is 15.5. The van der Waals surface area contributed by atoms with Crippen LogP contribution in [0.4, 0.5) is 0 Å². The van der Waals surface area contributed by atoms with Gasteiger partial charge in [0.2, 0.25) is 10.0 Å². The van der Waals surface area contributed by atoms with Crippen LogP contribution in [-0.4, -0.2) is 43.8 Å². The van der Waals surface area contributed by atoms with Gasteiger partial charge in [0.1, 0.15) is 0 Å². The van der Waals surface area contributed by atoms with E-state index in [1.54, 1.807) is 24.5 Å². The molecule has 0 radical (unpaired) electrons. The third-order valence-corrected chi connectivity index (χ3v) is 7.65. The Kier molecular flexibility index (Phi) is 6.39. The van der Waals surface area contributed by atoms with Gasteiger partial charge in [-0.2, -0.15) is 0 Å². The number of nitrogens with one attached hydrogen (secondary N) is 1. The van der Waals surface area contributed by atoms with Crippen molar-refractivity contribution < 1.29 is 13.2 Å². The Hall–Kier alpha value is -2.25. The second-order valence-corrected chi connectivity index (χ2v) is 9.62. The van der Waals surface area contributed by atoms with Crippen molar-refractivity contribution in [2.45, 2.75) is 45.4 Å². The van der Waals surface area contributed by atoms with E-state index < -0.39 is 10.0 Å². The van der Waals surface area contributed by atoms with Gasteiger partial charge in [0.05, 0.1) is 4.90 Å². The molecule has 1 aromatic heterocycles. The van der Waals surface area contributed by atoms with Gasteiger partial charge in [-0.25, -0.2) is 13.1 Å². The average molecular weight is 416 g/mol. The second kappa shape index (κ2) is 8.63. The fourth-order valence-corrected chi connectivity index (χ4v) is 5.63. The summed E-state index contributed by atoms with van der Waals surface area (Å²) in [5.41, 5.74) is 4.21. The molecule has 1 N–H and O–H groups in total. The number of carbonyl (C=O) groups is 1. The number of sulfonamides is 1. The first-order valence-corrected chi connectivity index (χ1v) is 11.5. The predicted octanol–water partition coefficient (Wildman–Crippen LogP) is 3.15. The van der Waals surface area contributed by atoms with Gasteiger partial charge in [-0.1, -0.05) is 6.07 Å². The Morgan fingerprint density at radius 1 is 1.07 bits per heavy atom. The fourth-order valence-electron chi connectivity index (χ4n) is 3.90. The largest absolute Gasteiger partial charge is 0.339 e. The Morgan fingerprint density at radius 3 is 2.17 bits per heavy atom. The van der Waals surface area contributed by atoms with Gasteiger partial charge < -0.3 is 4.90 Å². The minimum atomic E-state index is -3.58. The highest BCUT2D eigenvalue weighted by Crippen LogP contribution is 2.26. The van der Waals surface area contributed by atoms with E-state index in [-0.39, 0.29) is 11.8 Å². The molecule has 2 aromatic rings. The molecule has 0 atom stereocenters. The van der Waals surface area contributed by atoms with Gasteiger partial charge >= 0.3 is 0 Å². The maximum absolute atomic E-state index is 13.0. The number of carbonyl (C=O) groups excluding carboxylic acids is 1. The highest BCUT2D eigenvalue weighted by atomic mass is 32.2. The summed E-state index contributed by atoms with van der Waals surface area (Å²) in [4.78, 5) is 18.7. The molecular formula is C22H29N3O3S. The summed E-state index contributed by atoms with van der Waals surface area (Å²) in [5, 5.41) is 0. The van der Waals surface area contributed by atoms with Crippen molar-refractivity contribution >= 4 is 15.9 Å². The maximum Gasteiger partial charge on any atom is 0.253 e. The highest BCUT2D eigenvalue weighted by molar-refractivity contribution is 7.89. The number of hydrogen-bond acceptors (Lipinski definition) is 4. The number of amides is 1. The van der Waals surface area contributed by atoms with Crippen molar-refractivity contribution in [3.63, 3.8) is 0 Å². The number of aromatic nitrogens is 1. The SMILES string of the molecule is Cc1cc(C)c(C)c(S(=O)(=O)NCC2CCN(C(=O)c3ccncc3)CC2)c1C. The molecule has 1 aliphatic heterocycles. The van der Waals surface area contributed by atoms with E-state index in [0.717, 1.165) is 35.1 Å². The van der Waals surface area contributed by atoms with E-state index in [1.165, 1.54) is 0 Å². The molecule has 0 aliphatic carbocycles. The van der Waals surface area contributed by atoms with Crippen molar-refractivity contribution in [3.8, 4) is 0 Å². The van der Waals surface area contributed by atoms with Gasteiger partial charge in [-0.3, -0.25) is 9.78 Å². The third-order valence-electron chi connectivity index (χ3n) is 5.96. The Morgan fingerprint density at radius 2 is 1.62 bits per heavy atom. The summed E-state index contributed by atoms with van der Waals surface area (Å²) in [5.74, 6) is 0.227. The third kappa shape index (κ3) is 4.67. The van der Waals surface area contributed by atoms with Crippen LogP contribution in [0.1, 0.15) is 45.5 Å². The first kappa shape index (κ1) is 21.5. The quantitative estimate of drug-likeness (QED) is 0.814. The number of pyridine rings is 1. The van der Waals surface area contributed by atoms with Gasteiger partial charge in [0.25, 0.3) is 5.91 Å². The lowest BCUT2D eigenvalue weighted by Crippen LogP contribution is -2.41. The van der Waals surface area contributed by atoms with Crippen LogP contribution in [0.2, 0.25) is 0 Å². The smallest absolute Gasteiger partial charge is 0.253 e. The summed E-state index contributed by atoms with van der Waals surface area (Å²) in [6, 6.07) is 5.47. The molecule has 0 unspecified atom stereocenters. The van der Waals surface area contributed by atoms with Crippen LogP contribution in [0.5, 0.6) is 0 Å². The molecule has 1 fully saturated rings. The summed E-state index contributed by atoms with van der Waals surface area (Å²) in [7, 11) is -3.58. The first-order valence-electron chi connectivity index (χ1n) is 9.97. The molecule has 7 heteroatoms. The van der Waals surface area contributed by atoms with E-state index in [4.69, 9.17) is 0 Å². The summed E-state index contributed by atoms with van der Waals surface area (Å²) < 4.78 is 28.8. The summed E-state index contributed by atoms with van der Waals surface area (Å²) in [6.45, 7) is 9.27. The Labute approximate surface area is 173 Å². The van der Waals surface area contributed by atoms with E-state index in [1.807, 2.05) is 38.7 Å². The molecule has 6 nitrogen and oxygen atoms in total. The van der Waals surface area contributed by atoms with E-state index in [0.29, 0.717) is 30.1 Å². The molecule has 1 aromatic carbocycles. The van der Waals surface area contributed by atoms with Crippen LogP contribution < -0.4 is 4.72 Å². The molecule has 1 saturated heterocycles. The summed E-state index contributed by atoms with van der Waals surface area (Å²) >= 11 is 0. The number of piperidine rings is 1. The van der Waals surface area contributed by atoms with Crippen molar-refractivity contribution in [2.24, 2.45) is 5.92 Å². The lowest BCUT2D eigenvalue weighted by Gasteiger charge is -2.32. The van der Waals surface area contributed by atoms with Crippen LogP contribution in [0.25, 0.3) is 0 Å². The van der Waals surface area contributed by atoms with Crippen LogP contribution in [0, 0.1) is 33.6 Å². The zero-order valence-corrected chi connectivity index (χ0v) is 18.3. The standard InChI is InChI=1S/C22H29N3O3S/c1-15-13-16(2)18(4)21(17(15)3)29(27,28)24-14-19-7-11-25(12-8-19)22(26)20-5-9-23-10-6-20/h5-6,9-10,13,19,24H,7-8,11-12,14H2,1-4H3. The molecular weight excluding hydrogens is 386 g/mol. The Bertz CT molecular complexity index is 969. The van der Waals surface area contributed by atoms with Crippen molar-refractivity contribution in [1.82, 2.24) is 14.6 Å². The highest BCUT2D eigenvalue weighted by Gasteiger charge is 2.27. The minimum absolute atomic E-state index is 0.00733. The molecule has 3 rings (SSSR count). The molecule has 0 saturated carbocycles. The molecule has 1 aliphatic rings. The summed E-state index contributed by atoms with van der Waals surface area (Å²) in [6.07, 6.45) is 4.80. The predicted molar refractivity (Wildman–Crippen MR) is 113 cm³/mol. The van der Waals surface area contributed by atoms with E-state index >= 15 is 0 Å². The number of likely N-dealkylation sites (tertiary alicyclic amines) is 1. The molecule has 0 spiro atoms. The van der Waals surface area contributed by atoms with Crippen LogP contribution >= 0.6 is 0 Å². The van der Waals surface area contributed by atoms with Gasteiger partial charge in [0, 0.05) is 37.6 Å². The molecule has 2 heterocycles. The lowest BCUT2D eigenvalue weighted by atomic mass is 9.97. The molecule has 156 valence electrons. The zero-order chi connectivity index (χ0) is 21.2. The lowest BCUT2D eigenvalue weighted by molar-refractivity contribution is 0.0692. The van der Waals surface area contributed by atoms with Crippen molar-refractivity contribution in [3.05, 3.63) is 58.4 Å². The van der Waals surface area contributed by atoms with Crippen LogP contribution in [0.3, 0.4) is 0 Å². The Balaban J connectivity index is 1.61. The fraction of sp³-hybridized carbons (Fsp3) is 0.455. The topological polar surface area (TPSA) is 79.4 Å². The van der Waals surface area contributed by atoms with E-state index in [9.17, 15) is 13.2 Å². The molecule has 0 bridgehead atoms. The van der Waals surface area contributed by atoms with Crippen molar-refractivity contribution in [2.75, 3.05) is 19.6 Å². The van der Waals surface area contributed by atoms with Crippen LogP contribution in [-0.2, 0) is 10.0 Å². The first-order chi connectivity index (χ1) is 13.7. The number of aryl methyl sites for hydroxylation is 2. The second-order valence-electron chi connectivity index (χ2n) is 7.91. The van der Waals surface area contributed by atoms with Crippen molar-refractivity contribution in [1.29, 1.82) is 0 Å². The number of nitrogens with zero attached hydrogens (tertiary/aromatic N) is 2. The molecule has 29 heavy (non-hydrogen) atoms. The number of benzene rings is 1. The maximum atomic E-state index is 13.0. The minimum Gasteiger partial charge on any atom is -0.339 e. The number of hydrogen-bond donors (Lipinski definition) is 1. The monoisotopic (exact) mass is 415 g/mol. The number of rotatable bonds is 5. The van der Waals surface area contributed by atoms with Gasteiger partial charge in [0.15, 0.2) is 0 Å². The zero-order valence-electron chi connectivity index (χ0n) is 17.5. The van der Waals surface area contributed by atoms with Gasteiger partial charge in [-0.05, 0) is 80.8 Å².